The lowest BCUT2D eigenvalue weighted by Gasteiger charge is -2.09. The topological polar surface area (TPSA) is 50.4 Å². The number of hydrogen-bond donors (Lipinski definition) is 1. The molecule has 0 aliphatic rings. The average molecular weight is 204 g/mol. The van der Waals surface area contributed by atoms with Crippen LogP contribution in [0.15, 0.2) is 10.5 Å². The van der Waals surface area contributed by atoms with E-state index in [-0.39, 0.29) is 5.56 Å². The van der Waals surface area contributed by atoms with Gasteiger partial charge in [0, 0.05) is 5.56 Å². The number of hydrogen-bond acceptors (Lipinski definition) is 2. The molecule has 0 saturated heterocycles. The van der Waals surface area contributed by atoms with E-state index >= 15 is 0 Å². The van der Waals surface area contributed by atoms with E-state index < -0.39 is 18.3 Å². The molecular formula is C9H10F2O3. The van der Waals surface area contributed by atoms with E-state index in [2.05, 4.69) is 0 Å². The minimum absolute atomic E-state index is 0.231. The summed E-state index contributed by atoms with van der Waals surface area (Å²) < 4.78 is 30.6. The van der Waals surface area contributed by atoms with Crippen LogP contribution in [0.5, 0.6) is 0 Å². The van der Waals surface area contributed by atoms with Crippen LogP contribution in [0.4, 0.5) is 8.78 Å². The molecule has 0 aliphatic carbocycles. The summed E-state index contributed by atoms with van der Waals surface area (Å²) in [4.78, 5) is 10.2. The predicted molar refractivity (Wildman–Crippen MR) is 44.5 cm³/mol. The SMILES string of the molecule is Cc1cc(CC(F)(F)C(=O)O)c(C)o1. The number of alkyl halides is 2. The molecule has 0 fully saturated rings. The molecular weight excluding hydrogens is 194 g/mol. The highest BCUT2D eigenvalue weighted by molar-refractivity contribution is 5.75. The lowest BCUT2D eigenvalue weighted by molar-refractivity contribution is -0.164. The van der Waals surface area contributed by atoms with E-state index in [0.717, 1.165) is 0 Å². The summed E-state index contributed by atoms with van der Waals surface area (Å²) in [6.07, 6.45) is -0.828. The zero-order valence-corrected chi connectivity index (χ0v) is 7.80. The standard InChI is InChI=1S/C9H10F2O3/c1-5-3-7(6(2)14-5)4-9(10,11)8(12)13/h3H,4H2,1-2H3,(H,12,13). The maximum absolute atomic E-state index is 12.8. The summed E-state index contributed by atoms with van der Waals surface area (Å²) in [6.45, 7) is 3.15. The molecule has 0 saturated carbocycles. The van der Waals surface area contributed by atoms with Gasteiger partial charge in [-0.15, -0.1) is 0 Å². The van der Waals surface area contributed by atoms with Crippen molar-refractivity contribution in [2.75, 3.05) is 0 Å². The van der Waals surface area contributed by atoms with Gasteiger partial charge in [-0.05, 0) is 19.9 Å². The second-order valence-corrected chi connectivity index (χ2v) is 3.12. The molecule has 0 radical (unpaired) electrons. The Labute approximate surface area is 79.3 Å². The minimum Gasteiger partial charge on any atom is -0.477 e. The van der Waals surface area contributed by atoms with Gasteiger partial charge in [-0.2, -0.15) is 8.78 Å². The number of carboxylic acids is 1. The molecule has 0 aliphatic heterocycles. The van der Waals surface area contributed by atoms with Gasteiger partial charge < -0.3 is 9.52 Å². The Hall–Kier alpha value is -1.39. The third kappa shape index (κ3) is 2.10. The fourth-order valence-electron chi connectivity index (χ4n) is 1.17. The van der Waals surface area contributed by atoms with Gasteiger partial charge >= 0.3 is 11.9 Å². The minimum atomic E-state index is -3.74. The van der Waals surface area contributed by atoms with Crippen molar-refractivity contribution in [2.24, 2.45) is 0 Å². The van der Waals surface area contributed by atoms with Gasteiger partial charge in [0.2, 0.25) is 0 Å². The first-order chi connectivity index (χ1) is 6.33. The Morgan fingerprint density at radius 2 is 2.14 bits per heavy atom. The van der Waals surface area contributed by atoms with Crippen LogP contribution in [0.1, 0.15) is 17.1 Å². The van der Waals surface area contributed by atoms with Gasteiger partial charge in [0.25, 0.3) is 0 Å². The quantitative estimate of drug-likeness (QED) is 0.820. The molecule has 0 bridgehead atoms. The van der Waals surface area contributed by atoms with Crippen LogP contribution in [0.25, 0.3) is 0 Å². The van der Waals surface area contributed by atoms with E-state index in [1.54, 1.807) is 6.92 Å². The van der Waals surface area contributed by atoms with Crippen molar-refractivity contribution in [1.82, 2.24) is 0 Å². The van der Waals surface area contributed by atoms with E-state index in [4.69, 9.17) is 9.52 Å². The smallest absolute Gasteiger partial charge is 0.374 e. The highest BCUT2D eigenvalue weighted by Gasteiger charge is 2.39. The molecule has 5 heteroatoms. The molecule has 1 aromatic heterocycles. The van der Waals surface area contributed by atoms with Crippen LogP contribution in [0.2, 0.25) is 0 Å². The number of halogens is 2. The Morgan fingerprint density at radius 3 is 2.50 bits per heavy atom. The number of furan rings is 1. The van der Waals surface area contributed by atoms with Crippen molar-refractivity contribution < 1.29 is 23.1 Å². The summed E-state index contributed by atoms with van der Waals surface area (Å²) in [6, 6.07) is 1.42. The highest BCUT2D eigenvalue weighted by atomic mass is 19.3. The molecule has 0 amide bonds. The number of aliphatic carboxylic acids is 1. The lowest BCUT2D eigenvalue weighted by atomic mass is 10.1. The third-order valence-corrected chi connectivity index (χ3v) is 1.87. The molecule has 0 unspecified atom stereocenters. The average Bonchev–Trinajstić information content (AvgIpc) is 2.29. The summed E-state index contributed by atoms with van der Waals surface area (Å²) in [5.41, 5.74) is 0.231. The first-order valence-electron chi connectivity index (χ1n) is 4.00. The van der Waals surface area contributed by atoms with Gasteiger partial charge in [0.15, 0.2) is 0 Å². The lowest BCUT2D eigenvalue weighted by Crippen LogP contribution is -2.30. The highest BCUT2D eigenvalue weighted by Crippen LogP contribution is 2.24. The Morgan fingerprint density at radius 1 is 1.57 bits per heavy atom. The van der Waals surface area contributed by atoms with Crippen molar-refractivity contribution in [1.29, 1.82) is 0 Å². The predicted octanol–water partition coefficient (Wildman–Crippen LogP) is 2.16. The zero-order valence-electron chi connectivity index (χ0n) is 7.80. The summed E-state index contributed by atoms with van der Waals surface area (Å²) in [5.74, 6) is -5.01. The summed E-state index contributed by atoms with van der Waals surface area (Å²) in [5, 5.41) is 8.22. The zero-order chi connectivity index (χ0) is 10.9. The van der Waals surface area contributed by atoms with Crippen molar-refractivity contribution in [3.8, 4) is 0 Å². The van der Waals surface area contributed by atoms with E-state index in [0.29, 0.717) is 11.5 Å². The molecule has 1 aromatic rings. The van der Waals surface area contributed by atoms with Gasteiger partial charge in [0.1, 0.15) is 11.5 Å². The summed E-state index contributed by atoms with van der Waals surface area (Å²) >= 11 is 0. The monoisotopic (exact) mass is 204 g/mol. The van der Waals surface area contributed by atoms with Crippen LogP contribution >= 0.6 is 0 Å². The fourth-order valence-corrected chi connectivity index (χ4v) is 1.17. The van der Waals surface area contributed by atoms with Crippen LogP contribution in [-0.2, 0) is 11.2 Å². The van der Waals surface area contributed by atoms with Gasteiger partial charge in [-0.3, -0.25) is 0 Å². The molecule has 1 rings (SSSR count). The van der Waals surface area contributed by atoms with Crippen molar-refractivity contribution in [3.05, 3.63) is 23.2 Å². The molecule has 0 aromatic carbocycles. The second-order valence-electron chi connectivity index (χ2n) is 3.12. The van der Waals surface area contributed by atoms with Crippen LogP contribution in [-0.4, -0.2) is 17.0 Å². The third-order valence-electron chi connectivity index (χ3n) is 1.87. The van der Waals surface area contributed by atoms with Crippen LogP contribution < -0.4 is 0 Å². The normalized spacial score (nSPS) is 11.7. The van der Waals surface area contributed by atoms with Crippen LogP contribution in [0, 0.1) is 13.8 Å². The molecule has 0 spiro atoms. The van der Waals surface area contributed by atoms with Crippen molar-refractivity contribution >= 4 is 5.97 Å². The summed E-state index contributed by atoms with van der Waals surface area (Å²) in [7, 11) is 0. The molecule has 1 N–H and O–H groups in total. The first kappa shape index (κ1) is 10.7. The number of aryl methyl sites for hydroxylation is 2. The number of rotatable bonds is 3. The molecule has 14 heavy (non-hydrogen) atoms. The maximum Gasteiger partial charge on any atom is 0.374 e. The molecule has 78 valence electrons. The molecule has 1 heterocycles. The van der Waals surface area contributed by atoms with E-state index in [9.17, 15) is 13.6 Å². The fraction of sp³-hybridized carbons (Fsp3) is 0.444. The van der Waals surface area contributed by atoms with Crippen molar-refractivity contribution in [2.45, 2.75) is 26.2 Å². The number of carbonyl (C=O) groups is 1. The Balaban J connectivity index is 2.88. The molecule has 0 atom stereocenters. The second kappa shape index (κ2) is 3.40. The Kier molecular flexibility index (Phi) is 2.59. The van der Waals surface area contributed by atoms with Crippen LogP contribution in [0.3, 0.4) is 0 Å². The van der Waals surface area contributed by atoms with Gasteiger partial charge in [0.05, 0.1) is 6.42 Å². The Bertz CT molecular complexity index is 355. The van der Waals surface area contributed by atoms with Gasteiger partial charge in [-0.25, -0.2) is 4.79 Å². The maximum atomic E-state index is 12.8. The number of carboxylic acid groups (broad SMARTS) is 1. The van der Waals surface area contributed by atoms with Crippen molar-refractivity contribution in [3.63, 3.8) is 0 Å². The van der Waals surface area contributed by atoms with E-state index in [1.807, 2.05) is 0 Å². The largest absolute Gasteiger partial charge is 0.477 e. The first-order valence-corrected chi connectivity index (χ1v) is 4.00. The van der Waals surface area contributed by atoms with E-state index in [1.165, 1.54) is 13.0 Å². The van der Waals surface area contributed by atoms with Gasteiger partial charge in [-0.1, -0.05) is 0 Å². The molecule has 3 nitrogen and oxygen atoms in total.